The second-order valence-corrected chi connectivity index (χ2v) is 5.88. The Balaban J connectivity index is 1.73. The molecule has 0 amide bonds. The number of aromatic amines is 1. The van der Waals surface area contributed by atoms with Gasteiger partial charge in [0.25, 0.3) is 0 Å². The van der Waals surface area contributed by atoms with E-state index in [-0.39, 0.29) is 18.3 Å². The van der Waals surface area contributed by atoms with Gasteiger partial charge in [-0.1, -0.05) is 0 Å². The Morgan fingerprint density at radius 1 is 1.35 bits per heavy atom. The minimum Gasteiger partial charge on any atom is -0.391 e. The summed E-state index contributed by atoms with van der Waals surface area (Å²) in [5.74, 6) is 0.147. The molecule has 0 saturated carbocycles. The zero-order valence-electron chi connectivity index (χ0n) is 12.5. The van der Waals surface area contributed by atoms with Crippen LogP contribution in [0.2, 0.25) is 0 Å². The molecule has 0 unspecified atom stereocenters. The van der Waals surface area contributed by atoms with E-state index in [1.54, 1.807) is 4.90 Å². The number of hydrogen-bond donors (Lipinski definition) is 2. The van der Waals surface area contributed by atoms with Crippen LogP contribution in [0.5, 0.6) is 0 Å². The van der Waals surface area contributed by atoms with Crippen molar-refractivity contribution in [2.45, 2.75) is 25.6 Å². The van der Waals surface area contributed by atoms with Gasteiger partial charge in [-0.2, -0.15) is 18.3 Å². The van der Waals surface area contributed by atoms with E-state index in [0.717, 1.165) is 29.7 Å². The first kappa shape index (κ1) is 15.8. The van der Waals surface area contributed by atoms with Crippen LogP contribution in [0.25, 0.3) is 0 Å². The molecule has 1 fully saturated rings. The molecule has 1 aliphatic heterocycles. The third-order valence-electron chi connectivity index (χ3n) is 4.03. The SMILES string of the molecule is Cc1cc(C[C@@H]2CN(c3cc(C(F)(F)F)ccn3)C[C@@H]2O)n[nH]1. The predicted molar refractivity (Wildman–Crippen MR) is 78.0 cm³/mol. The van der Waals surface area contributed by atoms with Gasteiger partial charge < -0.3 is 10.0 Å². The largest absolute Gasteiger partial charge is 0.416 e. The fourth-order valence-electron chi connectivity index (χ4n) is 2.86. The van der Waals surface area contributed by atoms with E-state index in [1.807, 2.05) is 13.0 Å². The van der Waals surface area contributed by atoms with Crippen molar-refractivity contribution in [2.75, 3.05) is 18.0 Å². The van der Waals surface area contributed by atoms with Crippen molar-refractivity contribution in [3.8, 4) is 0 Å². The topological polar surface area (TPSA) is 65.0 Å². The normalized spacial score (nSPS) is 21.9. The molecular weight excluding hydrogens is 309 g/mol. The Bertz CT molecular complexity index is 685. The van der Waals surface area contributed by atoms with Crippen LogP contribution in [-0.4, -0.2) is 39.5 Å². The highest BCUT2D eigenvalue weighted by Gasteiger charge is 2.35. The highest BCUT2D eigenvalue weighted by atomic mass is 19.4. The molecule has 2 atom stereocenters. The van der Waals surface area contributed by atoms with Gasteiger partial charge in [-0.25, -0.2) is 4.98 Å². The van der Waals surface area contributed by atoms with Gasteiger partial charge in [-0.05, 0) is 31.5 Å². The molecule has 8 heteroatoms. The molecule has 3 rings (SSSR count). The van der Waals surface area contributed by atoms with Crippen molar-refractivity contribution in [3.05, 3.63) is 41.3 Å². The summed E-state index contributed by atoms with van der Waals surface area (Å²) in [5, 5.41) is 17.2. The Morgan fingerprint density at radius 2 is 2.13 bits per heavy atom. The molecule has 23 heavy (non-hydrogen) atoms. The standard InChI is InChI=1S/C15H17F3N4O/c1-9-4-12(21-20-9)5-10-7-22(8-13(10)23)14-6-11(2-3-19-14)15(16,17)18/h2-4,6,10,13,23H,5,7-8H2,1H3,(H,20,21)/t10-,13+/m1/s1. The number of pyridine rings is 1. The van der Waals surface area contributed by atoms with Gasteiger partial charge in [0.1, 0.15) is 5.82 Å². The summed E-state index contributed by atoms with van der Waals surface area (Å²) in [7, 11) is 0. The zero-order chi connectivity index (χ0) is 16.6. The maximum absolute atomic E-state index is 12.8. The average molecular weight is 326 g/mol. The molecule has 2 aromatic rings. The van der Waals surface area contributed by atoms with Crippen LogP contribution in [0.4, 0.5) is 19.0 Å². The number of nitrogens with zero attached hydrogens (tertiary/aromatic N) is 3. The van der Waals surface area contributed by atoms with Crippen LogP contribution in [0.1, 0.15) is 17.0 Å². The van der Waals surface area contributed by atoms with Gasteiger partial charge in [0.05, 0.1) is 17.4 Å². The molecule has 5 nitrogen and oxygen atoms in total. The third kappa shape index (κ3) is 3.47. The molecule has 0 spiro atoms. The molecule has 1 saturated heterocycles. The van der Waals surface area contributed by atoms with Gasteiger partial charge in [-0.3, -0.25) is 5.10 Å². The smallest absolute Gasteiger partial charge is 0.391 e. The van der Waals surface area contributed by atoms with E-state index in [9.17, 15) is 18.3 Å². The monoisotopic (exact) mass is 326 g/mol. The third-order valence-corrected chi connectivity index (χ3v) is 4.03. The molecule has 0 bridgehead atoms. The van der Waals surface area contributed by atoms with Crippen molar-refractivity contribution in [1.82, 2.24) is 15.2 Å². The van der Waals surface area contributed by atoms with E-state index in [1.165, 1.54) is 0 Å². The van der Waals surface area contributed by atoms with Crippen molar-refractivity contribution < 1.29 is 18.3 Å². The lowest BCUT2D eigenvalue weighted by Crippen LogP contribution is -2.22. The Morgan fingerprint density at radius 3 is 2.78 bits per heavy atom. The first-order chi connectivity index (χ1) is 10.8. The van der Waals surface area contributed by atoms with Crippen molar-refractivity contribution in [2.24, 2.45) is 5.92 Å². The fourth-order valence-corrected chi connectivity index (χ4v) is 2.86. The Labute approximate surface area is 131 Å². The van der Waals surface area contributed by atoms with Gasteiger partial charge in [0, 0.05) is 30.9 Å². The van der Waals surface area contributed by atoms with Crippen LogP contribution in [-0.2, 0) is 12.6 Å². The predicted octanol–water partition coefficient (Wildman–Crippen LogP) is 2.17. The highest BCUT2D eigenvalue weighted by Crippen LogP contribution is 2.32. The van der Waals surface area contributed by atoms with Gasteiger partial charge in [0.15, 0.2) is 0 Å². The number of anilines is 1. The minimum atomic E-state index is -4.40. The van der Waals surface area contributed by atoms with Crippen molar-refractivity contribution in [1.29, 1.82) is 0 Å². The van der Waals surface area contributed by atoms with Gasteiger partial charge in [-0.15, -0.1) is 0 Å². The first-order valence-corrected chi connectivity index (χ1v) is 7.30. The molecule has 1 aliphatic rings. The lowest BCUT2D eigenvalue weighted by atomic mass is 10.0. The number of aliphatic hydroxyl groups is 1. The average Bonchev–Trinajstić information content (AvgIpc) is 3.05. The zero-order valence-corrected chi connectivity index (χ0v) is 12.5. The summed E-state index contributed by atoms with van der Waals surface area (Å²) < 4.78 is 38.4. The highest BCUT2D eigenvalue weighted by molar-refractivity contribution is 5.43. The summed E-state index contributed by atoms with van der Waals surface area (Å²) >= 11 is 0. The number of aromatic nitrogens is 3. The summed E-state index contributed by atoms with van der Waals surface area (Å²) in [6.45, 7) is 2.60. The second-order valence-electron chi connectivity index (χ2n) is 5.88. The van der Waals surface area contributed by atoms with Gasteiger partial charge >= 0.3 is 6.18 Å². The molecular formula is C15H17F3N4O. The number of β-amino-alcohol motifs (C(OH)–C–C–N with tert-alkyl or cyclic N) is 1. The second kappa shape index (κ2) is 5.84. The fraction of sp³-hybridized carbons (Fsp3) is 0.467. The van der Waals surface area contributed by atoms with Crippen LogP contribution in [0.3, 0.4) is 0 Å². The number of H-pyrrole nitrogens is 1. The summed E-state index contributed by atoms with van der Waals surface area (Å²) in [6.07, 6.45) is -3.30. The number of hydrogen-bond acceptors (Lipinski definition) is 4. The van der Waals surface area contributed by atoms with E-state index < -0.39 is 17.8 Å². The molecule has 0 aromatic carbocycles. The number of alkyl halides is 3. The lowest BCUT2D eigenvalue weighted by molar-refractivity contribution is -0.137. The van der Waals surface area contributed by atoms with E-state index >= 15 is 0 Å². The maximum Gasteiger partial charge on any atom is 0.416 e. The molecule has 3 heterocycles. The van der Waals surface area contributed by atoms with Crippen LogP contribution in [0.15, 0.2) is 24.4 Å². The van der Waals surface area contributed by atoms with Crippen LogP contribution < -0.4 is 4.90 Å². The number of rotatable bonds is 3. The number of halogens is 3. The lowest BCUT2D eigenvalue weighted by Gasteiger charge is -2.18. The number of aliphatic hydroxyl groups excluding tert-OH is 1. The quantitative estimate of drug-likeness (QED) is 0.907. The van der Waals surface area contributed by atoms with E-state index in [2.05, 4.69) is 15.2 Å². The molecule has 0 radical (unpaired) electrons. The first-order valence-electron chi connectivity index (χ1n) is 7.30. The molecule has 2 aromatic heterocycles. The number of aryl methyl sites for hydroxylation is 1. The Kier molecular flexibility index (Phi) is 4.01. The van der Waals surface area contributed by atoms with Crippen LogP contribution >= 0.6 is 0 Å². The summed E-state index contributed by atoms with van der Waals surface area (Å²) in [4.78, 5) is 5.69. The van der Waals surface area contributed by atoms with E-state index in [4.69, 9.17) is 0 Å². The summed E-state index contributed by atoms with van der Waals surface area (Å²) in [6, 6.07) is 3.87. The maximum atomic E-state index is 12.8. The van der Waals surface area contributed by atoms with Crippen molar-refractivity contribution >= 4 is 5.82 Å². The molecule has 0 aliphatic carbocycles. The number of nitrogens with one attached hydrogen (secondary N) is 1. The van der Waals surface area contributed by atoms with E-state index in [0.29, 0.717) is 13.0 Å². The van der Waals surface area contributed by atoms with Crippen LogP contribution in [0, 0.1) is 12.8 Å². The Hall–Kier alpha value is -2.09. The minimum absolute atomic E-state index is 0.0888. The summed E-state index contributed by atoms with van der Waals surface area (Å²) in [5.41, 5.74) is 1.04. The van der Waals surface area contributed by atoms with Gasteiger partial charge in [0.2, 0.25) is 0 Å². The van der Waals surface area contributed by atoms with Crippen molar-refractivity contribution in [3.63, 3.8) is 0 Å². The molecule has 2 N–H and O–H groups in total. The molecule has 124 valence electrons.